The van der Waals surface area contributed by atoms with E-state index in [1.165, 1.54) is 5.56 Å². The van der Waals surface area contributed by atoms with Crippen molar-refractivity contribution < 1.29 is 19.1 Å². The first kappa shape index (κ1) is 19.6. The van der Waals surface area contributed by atoms with Crippen LogP contribution in [0.4, 0.5) is 11.4 Å². The molecule has 3 rings (SSSR count). The van der Waals surface area contributed by atoms with Gasteiger partial charge in [0.2, 0.25) is 5.91 Å². The van der Waals surface area contributed by atoms with Crippen molar-refractivity contribution in [1.82, 2.24) is 0 Å². The first-order chi connectivity index (χ1) is 13.5. The van der Waals surface area contributed by atoms with E-state index in [2.05, 4.69) is 12.2 Å². The summed E-state index contributed by atoms with van der Waals surface area (Å²) in [6.45, 7) is 3.84. The van der Waals surface area contributed by atoms with Gasteiger partial charge in [-0.3, -0.25) is 14.4 Å². The van der Waals surface area contributed by atoms with Crippen LogP contribution in [0.15, 0.2) is 48.5 Å². The van der Waals surface area contributed by atoms with Gasteiger partial charge < -0.3 is 15.0 Å². The minimum absolute atomic E-state index is 0.0910. The molecule has 0 spiro atoms. The quantitative estimate of drug-likeness (QED) is 0.782. The van der Waals surface area contributed by atoms with E-state index >= 15 is 0 Å². The Morgan fingerprint density at radius 2 is 1.86 bits per heavy atom. The van der Waals surface area contributed by atoms with Crippen molar-refractivity contribution in [2.24, 2.45) is 5.92 Å². The fraction of sp³-hybridized carbons (Fsp3) is 0.318. The van der Waals surface area contributed by atoms with Gasteiger partial charge in [-0.25, -0.2) is 0 Å². The minimum atomic E-state index is -0.565. The molecular weight excluding hydrogens is 356 g/mol. The van der Waals surface area contributed by atoms with E-state index in [-0.39, 0.29) is 25.5 Å². The summed E-state index contributed by atoms with van der Waals surface area (Å²) in [5.41, 5.74) is 3.57. The summed E-state index contributed by atoms with van der Waals surface area (Å²) in [5, 5.41) is 2.72. The topological polar surface area (TPSA) is 75.7 Å². The van der Waals surface area contributed by atoms with Crippen LogP contribution in [0, 0.1) is 12.8 Å². The third kappa shape index (κ3) is 4.57. The van der Waals surface area contributed by atoms with Crippen LogP contribution < -0.4 is 10.2 Å². The molecule has 28 heavy (non-hydrogen) atoms. The van der Waals surface area contributed by atoms with E-state index in [0.717, 1.165) is 17.7 Å². The SMILES string of the molecule is CCc1ccc(N2C[C@H](C(=O)OCC(=O)Nc3ccccc3C)CC2=O)cc1. The lowest BCUT2D eigenvalue weighted by Crippen LogP contribution is -2.28. The first-order valence-electron chi connectivity index (χ1n) is 9.39. The van der Waals surface area contributed by atoms with Crippen molar-refractivity contribution in [3.05, 3.63) is 59.7 Å². The molecule has 1 atom stereocenters. The highest BCUT2D eigenvalue weighted by molar-refractivity contribution is 6.00. The molecule has 146 valence electrons. The van der Waals surface area contributed by atoms with Crippen molar-refractivity contribution in [3.8, 4) is 0 Å². The number of anilines is 2. The highest BCUT2D eigenvalue weighted by atomic mass is 16.5. The van der Waals surface area contributed by atoms with Crippen LogP contribution in [0.1, 0.15) is 24.5 Å². The molecule has 1 aliphatic rings. The molecule has 1 fully saturated rings. The van der Waals surface area contributed by atoms with E-state index in [1.54, 1.807) is 11.0 Å². The number of hydrogen-bond acceptors (Lipinski definition) is 4. The van der Waals surface area contributed by atoms with Gasteiger partial charge in [0.05, 0.1) is 5.92 Å². The Labute approximate surface area is 164 Å². The Morgan fingerprint density at radius 3 is 2.54 bits per heavy atom. The van der Waals surface area contributed by atoms with Gasteiger partial charge in [-0.15, -0.1) is 0 Å². The number of para-hydroxylation sites is 1. The molecule has 2 amide bonds. The summed E-state index contributed by atoms with van der Waals surface area (Å²) < 4.78 is 5.14. The average Bonchev–Trinajstić information content (AvgIpc) is 3.10. The highest BCUT2D eigenvalue weighted by Crippen LogP contribution is 2.26. The number of aryl methyl sites for hydroxylation is 2. The molecule has 0 bridgehead atoms. The van der Waals surface area contributed by atoms with E-state index in [1.807, 2.05) is 49.4 Å². The van der Waals surface area contributed by atoms with Gasteiger partial charge in [0.1, 0.15) is 0 Å². The summed E-state index contributed by atoms with van der Waals surface area (Å²) in [6, 6.07) is 15.1. The Balaban J connectivity index is 1.52. The Hall–Kier alpha value is -3.15. The predicted molar refractivity (Wildman–Crippen MR) is 107 cm³/mol. The van der Waals surface area contributed by atoms with Gasteiger partial charge in [0.25, 0.3) is 5.91 Å². The fourth-order valence-corrected chi connectivity index (χ4v) is 3.18. The predicted octanol–water partition coefficient (Wildman–Crippen LogP) is 3.09. The maximum atomic E-state index is 12.3. The zero-order chi connectivity index (χ0) is 20.1. The van der Waals surface area contributed by atoms with Crippen LogP contribution in [-0.2, 0) is 25.5 Å². The normalized spacial score (nSPS) is 16.1. The van der Waals surface area contributed by atoms with Gasteiger partial charge in [-0.1, -0.05) is 37.3 Å². The first-order valence-corrected chi connectivity index (χ1v) is 9.39. The number of carbonyl (C=O) groups excluding carboxylic acids is 3. The lowest BCUT2D eigenvalue weighted by Gasteiger charge is -2.17. The maximum absolute atomic E-state index is 12.3. The van der Waals surface area contributed by atoms with Crippen molar-refractivity contribution in [3.63, 3.8) is 0 Å². The second-order valence-corrected chi connectivity index (χ2v) is 6.90. The summed E-state index contributed by atoms with van der Waals surface area (Å²) in [5.74, 6) is -1.61. The lowest BCUT2D eigenvalue weighted by atomic mass is 10.1. The molecule has 1 aliphatic heterocycles. The molecule has 0 saturated carbocycles. The average molecular weight is 380 g/mol. The molecule has 0 unspecified atom stereocenters. The number of hydrogen-bond donors (Lipinski definition) is 1. The number of carbonyl (C=O) groups is 3. The molecule has 1 heterocycles. The van der Waals surface area contributed by atoms with Crippen molar-refractivity contribution >= 4 is 29.2 Å². The number of benzene rings is 2. The van der Waals surface area contributed by atoms with Crippen LogP contribution in [0.3, 0.4) is 0 Å². The van der Waals surface area contributed by atoms with Crippen molar-refractivity contribution in [2.75, 3.05) is 23.4 Å². The number of amides is 2. The molecule has 2 aromatic carbocycles. The Morgan fingerprint density at radius 1 is 1.14 bits per heavy atom. The van der Waals surface area contributed by atoms with Crippen LogP contribution in [-0.4, -0.2) is 30.9 Å². The summed E-state index contributed by atoms with van der Waals surface area (Å²) in [7, 11) is 0. The molecule has 2 aromatic rings. The summed E-state index contributed by atoms with van der Waals surface area (Å²) in [4.78, 5) is 38.2. The van der Waals surface area contributed by atoms with Gasteiger partial charge in [0, 0.05) is 24.3 Å². The van der Waals surface area contributed by atoms with E-state index < -0.39 is 17.8 Å². The van der Waals surface area contributed by atoms with Gasteiger partial charge in [0.15, 0.2) is 6.61 Å². The van der Waals surface area contributed by atoms with Crippen LogP contribution in [0.25, 0.3) is 0 Å². The lowest BCUT2D eigenvalue weighted by molar-refractivity contribution is -0.151. The molecule has 6 nitrogen and oxygen atoms in total. The van der Waals surface area contributed by atoms with Crippen LogP contribution in [0.5, 0.6) is 0 Å². The van der Waals surface area contributed by atoms with Crippen LogP contribution >= 0.6 is 0 Å². The second-order valence-electron chi connectivity index (χ2n) is 6.90. The van der Waals surface area contributed by atoms with Gasteiger partial charge in [-0.2, -0.15) is 0 Å². The monoisotopic (exact) mass is 380 g/mol. The number of ether oxygens (including phenoxy) is 1. The molecule has 0 aromatic heterocycles. The van der Waals surface area contributed by atoms with Gasteiger partial charge in [-0.05, 0) is 42.7 Å². The van der Waals surface area contributed by atoms with Crippen molar-refractivity contribution in [2.45, 2.75) is 26.7 Å². The molecular formula is C22H24N2O4. The zero-order valence-electron chi connectivity index (χ0n) is 16.1. The minimum Gasteiger partial charge on any atom is -0.455 e. The van der Waals surface area contributed by atoms with Crippen molar-refractivity contribution in [1.29, 1.82) is 0 Å². The summed E-state index contributed by atoms with van der Waals surface area (Å²) >= 11 is 0. The summed E-state index contributed by atoms with van der Waals surface area (Å²) in [6.07, 6.45) is 1.02. The standard InChI is InChI=1S/C22H24N2O4/c1-3-16-8-10-18(11-9-16)24-13-17(12-21(24)26)22(27)28-14-20(25)23-19-7-5-4-6-15(19)2/h4-11,17H,3,12-14H2,1-2H3,(H,23,25)/t17-/m1/s1. The van der Waals surface area contributed by atoms with Gasteiger partial charge >= 0.3 is 5.97 Å². The van der Waals surface area contributed by atoms with Crippen LogP contribution in [0.2, 0.25) is 0 Å². The third-order valence-electron chi connectivity index (χ3n) is 4.88. The van der Waals surface area contributed by atoms with E-state index in [4.69, 9.17) is 4.74 Å². The number of nitrogens with one attached hydrogen (secondary N) is 1. The largest absolute Gasteiger partial charge is 0.455 e. The second kappa shape index (κ2) is 8.69. The molecule has 6 heteroatoms. The molecule has 1 N–H and O–H groups in total. The van der Waals surface area contributed by atoms with E-state index in [0.29, 0.717) is 5.69 Å². The third-order valence-corrected chi connectivity index (χ3v) is 4.88. The highest BCUT2D eigenvalue weighted by Gasteiger charge is 2.36. The molecule has 0 radical (unpaired) electrons. The zero-order valence-corrected chi connectivity index (χ0v) is 16.1. The smallest absolute Gasteiger partial charge is 0.311 e. The van der Waals surface area contributed by atoms with E-state index in [9.17, 15) is 14.4 Å². The number of nitrogens with zero attached hydrogens (tertiary/aromatic N) is 1. The molecule has 1 saturated heterocycles. The maximum Gasteiger partial charge on any atom is 0.311 e. The fourth-order valence-electron chi connectivity index (χ4n) is 3.18. The number of esters is 1. The number of rotatable bonds is 6. The molecule has 0 aliphatic carbocycles. The Bertz CT molecular complexity index is 876. The Kier molecular flexibility index (Phi) is 6.09.